The van der Waals surface area contributed by atoms with E-state index in [0.717, 1.165) is 18.2 Å². The number of carbonyl (C=O) groups is 2. The summed E-state index contributed by atoms with van der Waals surface area (Å²) in [5.41, 5.74) is 6.99. The quantitative estimate of drug-likeness (QED) is 0.678. The van der Waals surface area contributed by atoms with Crippen molar-refractivity contribution in [1.82, 2.24) is 14.9 Å². The molecular weight excluding hydrogens is 286 g/mol. The summed E-state index contributed by atoms with van der Waals surface area (Å²) >= 11 is 0. The van der Waals surface area contributed by atoms with E-state index in [9.17, 15) is 9.59 Å². The molecule has 0 spiro atoms. The first kappa shape index (κ1) is 14.2. The summed E-state index contributed by atoms with van der Waals surface area (Å²) in [7, 11) is 0. The zero-order valence-electron chi connectivity index (χ0n) is 11.9. The number of primary amides is 1. The zero-order chi connectivity index (χ0) is 15.7. The van der Waals surface area contributed by atoms with Crippen molar-refractivity contribution in [2.45, 2.75) is 18.9 Å². The number of piperidine rings is 1. The predicted molar refractivity (Wildman–Crippen MR) is 80.9 cm³/mol. The number of hydrogen-bond acceptors (Lipinski definition) is 4. The third kappa shape index (κ3) is 2.54. The van der Waals surface area contributed by atoms with Crippen molar-refractivity contribution < 1.29 is 14.7 Å². The molecule has 1 fully saturated rings. The minimum absolute atomic E-state index is 0.0663. The number of carbonyl (C=O) groups excluding carboxylic acids is 1. The summed E-state index contributed by atoms with van der Waals surface area (Å²) in [6, 6.07) is 1.75. The molecule has 1 aliphatic rings. The van der Waals surface area contributed by atoms with E-state index in [2.05, 4.69) is 15.3 Å². The molecule has 0 saturated carbocycles. The molecule has 1 saturated heterocycles. The molecule has 0 radical (unpaired) electrons. The van der Waals surface area contributed by atoms with Gasteiger partial charge in [-0.3, -0.25) is 4.79 Å². The molecule has 1 atom stereocenters. The van der Waals surface area contributed by atoms with Crippen LogP contribution in [-0.2, 0) is 0 Å². The molecule has 1 aliphatic heterocycles. The van der Waals surface area contributed by atoms with Crippen LogP contribution in [0.25, 0.3) is 11.0 Å². The van der Waals surface area contributed by atoms with Crippen LogP contribution in [0.5, 0.6) is 0 Å². The van der Waals surface area contributed by atoms with Gasteiger partial charge in [-0.05, 0) is 18.9 Å². The van der Waals surface area contributed by atoms with E-state index < -0.39 is 12.0 Å². The number of fused-ring (bicyclic) bond motifs is 1. The Balaban J connectivity index is 1.92. The number of carboxylic acid groups (broad SMARTS) is 1. The Morgan fingerprint density at radius 2 is 2.32 bits per heavy atom. The van der Waals surface area contributed by atoms with Crippen molar-refractivity contribution in [2.24, 2.45) is 5.73 Å². The van der Waals surface area contributed by atoms with Crippen LogP contribution in [0.15, 0.2) is 18.5 Å². The Bertz CT molecular complexity index is 726. The molecule has 22 heavy (non-hydrogen) atoms. The molecule has 1 unspecified atom stereocenters. The summed E-state index contributed by atoms with van der Waals surface area (Å²) < 4.78 is 0. The maximum Gasteiger partial charge on any atom is 0.407 e. The van der Waals surface area contributed by atoms with Gasteiger partial charge in [0.2, 0.25) is 0 Å². The molecule has 5 N–H and O–H groups in total. The monoisotopic (exact) mass is 303 g/mol. The minimum atomic E-state index is -0.928. The van der Waals surface area contributed by atoms with Crippen LogP contribution >= 0.6 is 0 Å². The Morgan fingerprint density at radius 1 is 1.50 bits per heavy atom. The Hall–Kier alpha value is -2.77. The van der Waals surface area contributed by atoms with Crippen LogP contribution in [-0.4, -0.2) is 51.1 Å². The standard InChI is InChI=1S/C14H17N5O3/c15-12(20)10-6-17-13-9(3-4-16-13)11(10)18-8-2-1-5-19(7-8)14(21)22/h3-4,6,8H,1-2,5,7H2,(H2,15,20)(H,21,22)(H2,16,17,18). The minimum Gasteiger partial charge on any atom is -0.465 e. The van der Waals surface area contributed by atoms with Gasteiger partial charge in [-0.25, -0.2) is 9.78 Å². The molecular formula is C14H17N5O3. The van der Waals surface area contributed by atoms with E-state index >= 15 is 0 Å². The zero-order valence-corrected chi connectivity index (χ0v) is 11.9. The van der Waals surface area contributed by atoms with Gasteiger partial charge in [0.15, 0.2) is 0 Å². The lowest BCUT2D eigenvalue weighted by molar-refractivity contribution is 0.1000. The second kappa shape index (κ2) is 5.55. The van der Waals surface area contributed by atoms with Crippen LogP contribution in [0.4, 0.5) is 10.5 Å². The number of amides is 2. The van der Waals surface area contributed by atoms with Gasteiger partial charge in [0, 0.05) is 36.9 Å². The van der Waals surface area contributed by atoms with Crippen LogP contribution in [0.3, 0.4) is 0 Å². The van der Waals surface area contributed by atoms with Crippen molar-refractivity contribution in [3.8, 4) is 0 Å². The van der Waals surface area contributed by atoms with Crippen molar-refractivity contribution in [3.63, 3.8) is 0 Å². The number of pyridine rings is 1. The molecule has 2 aromatic heterocycles. The average Bonchev–Trinajstić information content (AvgIpc) is 2.96. The highest BCUT2D eigenvalue weighted by atomic mass is 16.4. The number of nitrogens with one attached hydrogen (secondary N) is 2. The Morgan fingerprint density at radius 3 is 3.05 bits per heavy atom. The van der Waals surface area contributed by atoms with Gasteiger partial charge in [0.25, 0.3) is 5.91 Å². The lowest BCUT2D eigenvalue weighted by atomic mass is 10.0. The summed E-state index contributed by atoms with van der Waals surface area (Å²) in [4.78, 5) is 31.3. The maximum absolute atomic E-state index is 11.6. The fourth-order valence-electron chi connectivity index (χ4n) is 2.82. The van der Waals surface area contributed by atoms with Gasteiger partial charge in [0.05, 0.1) is 11.3 Å². The number of nitrogens with two attached hydrogens (primary N) is 1. The topological polar surface area (TPSA) is 124 Å². The first-order valence-electron chi connectivity index (χ1n) is 7.06. The van der Waals surface area contributed by atoms with Crippen molar-refractivity contribution in [1.29, 1.82) is 0 Å². The van der Waals surface area contributed by atoms with Crippen LogP contribution in [0.1, 0.15) is 23.2 Å². The molecule has 0 aromatic carbocycles. The number of likely N-dealkylation sites (tertiary alicyclic amines) is 1. The first-order chi connectivity index (χ1) is 10.6. The second-order valence-corrected chi connectivity index (χ2v) is 5.36. The van der Waals surface area contributed by atoms with Gasteiger partial charge in [-0.1, -0.05) is 0 Å². The Kier molecular flexibility index (Phi) is 3.58. The molecule has 3 heterocycles. The number of hydrogen-bond donors (Lipinski definition) is 4. The molecule has 116 valence electrons. The van der Waals surface area contributed by atoms with Crippen molar-refractivity contribution in [2.75, 3.05) is 18.4 Å². The van der Waals surface area contributed by atoms with E-state index in [0.29, 0.717) is 30.0 Å². The average molecular weight is 303 g/mol. The third-order valence-electron chi connectivity index (χ3n) is 3.89. The van der Waals surface area contributed by atoms with Crippen LogP contribution in [0.2, 0.25) is 0 Å². The van der Waals surface area contributed by atoms with E-state index in [4.69, 9.17) is 10.8 Å². The van der Waals surface area contributed by atoms with Crippen LogP contribution in [0, 0.1) is 0 Å². The number of aromatic amines is 1. The largest absolute Gasteiger partial charge is 0.465 e. The molecule has 8 heteroatoms. The number of anilines is 1. The van der Waals surface area contributed by atoms with E-state index in [1.54, 1.807) is 6.20 Å². The fourth-order valence-corrected chi connectivity index (χ4v) is 2.82. The molecule has 8 nitrogen and oxygen atoms in total. The first-order valence-corrected chi connectivity index (χ1v) is 7.06. The SMILES string of the molecule is NC(=O)c1cnc2[nH]ccc2c1NC1CCCN(C(=O)O)C1. The summed E-state index contributed by atoms with van der Waals surface area (Å²) in [6.07, 6.45) is 3.84. The molecule has 2 amide bonds. The van der Waals surface area contributed by atoms with Gasteiger partial charge in [-0.2, -0.15) is 0 Å². The smallest absolute Gasteiger partial charge is 0.407 e. The van der Waals surface area contributed by atoms with Crippen LogP contribution < -0.4 is 11.1 Å². The lowest BCUT2D eigenvalue weighted by Gasteiger charge is -2.32. The van der Waals surface area contributed by atoms with Gasteiger partial charge in [-0.15, -0.1) is 0 Å². The number of rotatable bonds is 3. The highest BCUT2D eigenvalue weighted by Gasteiger charge is 2.25. The van der Waals surface area contributed by atoms with E-state index in [1.165, 1.54) is 11.1 Å². The lowest BCUT2D eigenvalue weighted by Crippen LogP contribution is -2.44. The molecule has 0 bridgehead atoms. The summed E-state index contributed by atoms with van der Waals surface area (Å²) in [5.74, 6) is -0.566. The molecule has 3 rings (SSSR count). The van der Waals surface area contributed by atoms with Gasteiger partial charge >= 0.3 is 6.09 Å². The number of H-pyrrole nitrogens is 1. The fraction of sp³-hybridized carbons (Fsp3) is 0.357. The van der Waals surface area contributed by atoms with E-state index in [-0.39, 0.29) is 6.04 Å². The van der Waals surface area contributed by atoms with Crippen molar-refractivity contribution in [3.05, 3.63) is 24.0 Å². The van der Waals surface area contributed by atoms with Gasteiger partial charge < -0.3 is 26.0 Å². The maximum atomic E-state index is 11.6. The molecule has 2 aromatic rings. The summed E-state index contributed by atoms with van der Waals surface area (Å²) in [6.45, 7) is 0.911. The highest BCUT2D eigenvalue weighted by molar-refractivity contribution is 6.05. The third-order valence-corrected chi connectivity index (χ3v) is 3.89. The second-order valence-electron chi connectivity index (χ2n) is 5.36. The number of nitrogens with zero attached hydrogens (tertiary/aromatic N) is 2. The highest BCUT2D eigenvalue weighted by Crippen LogP contribution is 2.27. The van der Waals surface area contributed by atoms with Crippen molar-refractivity contribution >= 4 is 28.7 Å². The molecule has 0 aliphatic carbocycles. The van der Waals surface area contributed by atoms with Gasteiger partial charge in [0.1, 0.15) is 5.65 Å². The normalized spacial score (nSPS) is 18.4. The summed E-state index contributed by atoms with van der Waals surface area (Å²) in [5, 5.41) is 13.2. The predicted octanol–water partition coefficient (Wildman–Crippen LogP) is 1.22. The van der Waals surface area contributed by atoms with E-state index in [1.807, 2.05) is 6.07 Å². The Labute approximate surface area is 126 Å². The number of aromatic nitrogens is 2.